The van der Waals surface area contributed by atoms with Gasteiger partial charge in [0.15, 0.2) is 11.2 Å². The number of fused-ring (bicyclic) bond motifs is 6. The summed E-state index contributed by atoms with van der Waals surface area (Å²) in [7, 11) is 0. The molecule has 0 radical (unpaired) electrons. The fourth-order valence-corrected chi connectivity index (χ4v) is 12.3. The standard InChI is InChI=1S/C70H52N2O2/c1-41-35-42(2)38-49(37-41)71(63-25-13-23-57-55-21-11-19-53(67(55)73-69(57)63)51-17-9-7-15-45(51)5)61-33-29-47-28-32-60-62(34-30-48-27-31-59(61)65(47)66(48)60)72(50-39-43(3)36-44(4)40-50)64-26-14-24-58-56-22-12-20-54(68(56)74-70(58)64)52-18-10-8-16-46(52)6/h7-40H,1-6H3. The van der Waals surface area contributed by atoms with E-state index in [1.54, 1.807) is 0 Å². The first-order valence-electron chi connectivity index (χ1n) is 25.6. The molecule has 4 heteroatoms. The molecule has 0 bridgehead atoms. The van der Waals surface area contributed by atoms with Crippen molar-refractivity contribution in [2.24, 2.45) is 0 Å². The fraction of sp³-hybridized carbons (Fsp3) is 0.0857. The van der Waals surface area contributed by atoms with Crippen molar-refractivity contribution in [2.75, 3.05) is 9.80 Å². The lowest BCUT2D eigenvalue weighted by Gasteiger charge is -2.30. The van der Waals surface area contributed by atoms with Gasteiger partial charge in [-0.05, 0) is 156 Å². The number of rotatable bonds is 8. The Labute approximate surface area is 430 Å². The smallest absolute Gasteiger partial charge is 0.159 e. The third kappa shape index (κ3) is 6.75. The van der Waals surface area contributed by atoms with Gasteiger partial charge in [0.1, 0.15) is 11.2 Å². The summed E-state index contributed by atoms with van der Waals surface area (Å²) in [6.45, 7) is 13.1. The second kappa shape index (κ2) is 16.7. The number of aryl methyl sites for hydroxylation is 6. The predicted molar refractivity (Wildman–Crippen MR) is 313 cm³/mol. The Kier molecular flexibility index (Phi) is 9.87. The third-order valence-electron chi connectivity index (χ3n) is 15.4. The monoisotopic (exact) mass is 952 g/mol. The fourth-order valence-electron chi connectivity index (χ4n) is 12.3. The molecule has 0 amide bonds. The Balaban J connectivity index is 1.02. The Morgan fingerprint density at radius 2 is 0.622 bits per heavy atom. The lowest BCUT2D eigenvalue weighted by Crippen LogP contribution is -2.12. The second-order valence-electron chi connectivity index (χ2n) is 20.5. The summed E-state index contributed by atoms with van der Waals surface area (Å²) in [6, 6.07) is 75.6. The normalized spacial score (nSPS) is 11.9. The van der Waals surface area contributed by atoms with Gasteiger partial charge < -0.3 is 18.6 Å². The van der Waals surface area contributed by atoms with E-state index in [-0.39, 0.29) is 0 Å². The van der Waals surface area contributed by atoms with Crippen molar-refractivity contribution < 1.29 is 8.83 Å². The number of hydrogen-bond donors (Lipinski definition) is 0. The average Bonchev–Trinajstić information content (AvgIpc) is 4.06. The van der Waals surface area contributed by atoms with Gasteiger partial charge in [-0.15, -0.1) is 0 Å². The van der Waals surface area contributed by atoms with Crippen molar-refractivity contribution in [1.29, 1.82) is 0 Å². The Morgan fingerprint density at radius 3 is 1.03 bits per heavy atom. The van der Waals surface area contributed by atoms with Crippen molar-refractivity contribution in [3.63, 3.8) is 0 Å². The van der Waals surface area contributed by atoms with Gasteiger partial charge in [-0.25, -0.2) is 0 Å². The molecular formula is C70H52N2O2. The quantitative estimate of drug-likeness (QED) is 0.142. The van der Waals surface area contributed by atoms with Gasteiger partial charge >= 0.3 is 0 Å². The van der Waals surface area contributed by atoms with Crippen LogP contribution in [0.15, 0.2) is 215 Å². The zero-order valence-electron chi connectivity index (χ0n) is 42.3. The topological polar surface area (TPSA) is 32.8 Å². The number of hydrogen-bond acceptors (Lipinski definition) is 4. The van der Waals surface area contributed by atoms with Crippen LogP contribution in [-0.4, -0.2) is 0 Å². The number of furan rings is 2. The van der Waals surface area contributed by atoms with Crippen LogP contribution in [0.4, 0.5) is 34.1 Å². The van der Waals surface area contributed by atoms with Crippen LogP contribution in [0, 0.1) is 41.5 Å². The van der Waals surface area contributed by atoms with E-state index in [1.807, 2.05) is 0 Å². The molecule has 14 aromatic rings. The second-order valence-corrected chi connectivity index (χ2v) is 20.5. The average molecular weight is 953 g/mol. The Hall–Kier alpha value is -9.12. The number of nitrogens with zero attached hydrogens (tertiary/aromatic N) is 2. The highest BCUT2D eigenvalue weighted by molar-refractivity contribution is 6.29. The van der Waals surface area contributed by atoms with E-state index in [0.717, 1.165) is 99.9 Å². The van der Waals surface area contributed by atoms with E-state index in [0.29, 0.717) is 0 Å². The summed E-state index contributed by atoms with van der Waals surface area (Å²) in [5, 5.41) is 11.5. The van der Waals surface area contributed by atoms with E-state index in [1.165, 1.54) is 66.1 Å². The predicted octanol–water partition coefficient (Wildman–Crippen LogP) is 20.5. The van der Waals surface area contributed by atoms with E-state index < -0.39 is 0 Å². The number of benzene rings is 12. The van der Waals surface area contributed by atoms with Crippen LogP contribution >= 0.6 is 0 Å². The molecular weight excluding hydrogens is 901 g/mol. The lowest BCUT2D eigenvalue weighted by molar-refractivity contribution is 0.670. The summed E-state index contributed by atoms with van der Waals surface area (Å²) in [5.74, 6) is 0. The molecule has 0 aliphatic heterocycles. The van der Waals surface area contributed by atoms with Gasteiger partial charge in [0.2, 0.25) is 0 Å². The van der Waals surface area contributed by atoms with Crippen LogP contribution < -0.4 is 9.80 Å². The zero-order valence-corrected chi connectivity index (χ0v) is 42.3. The third-order valence-corrected chi connectivity index (χ3v) is 15.4. The van der Waals surface area contributed by atoms with Crippen molar-refractivity contribution >= 4 is 110 Å². The SMILES string of the molecule is Cc1cc(C)cc(N(c2ccc3ccc4c(N(c5cc(C)cc(C)c5)c5cccc6c5oc5c(-c7ccccc7C)cccc56)ccc5ccc2c3c54)c2cccc3c2oc2c(-c4ccccc4C)cccc23)c1. The first kappa shape index (κ1) is 43.7. The Bertz CT molecular complexity index is 4260. The number of anilines is 6. The van der Waals surface area contributed by atoms with Gasteiger partial charge in [0.05, 0.1) is 22.7 Å². The molecule has 0 fully saturated rings. The van der Waals surface area contributed by atoms with Gasteiger partial charge in [0.25, 0.3) is 0 Å². The maximum Gasteiger partial charge on any atom is 0.159 e. The maximum atomic E-state index is 7.21. The molecule has 12 aromatic carbocycles. The minimum absolute atomic E-state index is 0.852. The zero-order chi connectivity index (χ0) is 49.9. The molecule has 74 heavy (non-hydrogen) atoms. The number of para-hydroxylation sites is 4. The largest absolute Gasteiger partial charge is 0.453 e. The summed E-state index contributed by atoms with van der Waals surface area (Å²) in [4.78, 5) is 4.86. The lowest BCUT2D eigenvalue weighted by atomic mass is 9.91. The molecule has 2 heterocycles. The van der Waals surface area contributed by atoms with Crippen LogP contribution in [0.5, 0.6) is 0 Å². The molecule has 14 rings (SSSR count). The van der Waals surface area contributed by atoms with Gasteiger partial charge in [0, 0.05) is 54.8 Å². The summed E-state index contributed by atoms with van der Waals surface area (Å²) < 4.78 is 14.4. The van der Waals surface area contributed by atoms with Crippen molar-refractivity contribution in [3.05, 3.63) is 240 Å². The first-order valence-corrected chi connectivity index (χ1v) is 25.6. The van der Waals surface area contributed by atoms with E-state index in [9.17, 15) is 0 Å². The molecule has 354 valence electrons. The highest BCUT2D eigenvalue weighted by Gasteiger charge is 2.27. The van der Waals surface area contributed by atoms with E-state index in [4.69, 9.17) is 8.83 Å². The van der Waals surface area contributed by atoms with Crippen molar-refractivity contribution in [3.8, 4) is 22.3 Å². The minimum Gasteiger partial charge on any atom is -0.453 e. The molecule has 0 aliphatic rings. The first-order chi connectivity index (χ1) is 36.2. The van der Waals surface area contributed by atoms with Crippen LogP contribution in [0.1, 0.15) is 33.4 Å². The van der Waals surface area contributed by atoms with Crippen molar-refractivity contribution in [1.82, 2.24) is 0 Å². The Morgan fingerprint density at radius 1 is 0.270 bits per heavy atom. The molecule has 0 N–H and O–H groups in total. The van der Waals surface area contributed by atoms with Crippen LogP contribution in [0.3, 0.4) is 0 Å². The molecule has 0 aliphatic carbocycles. The summed E-state index contributed by atoms with van der Waals surface area (Å²) >= 11 is 0. The molecule has 2 aromatic heterocycles. The minimum atomic E-state index is 0.852. The summed E-state index contributed by atoms with van der Waals surface area (Å²) in [6.07, 6.45) is 0. The van der Waals surface area contributed by atoms with Gasteiger partial charge in [-0.2, -0.15) is 0 Å². The van der Waals surface area contributed by atoms with Gasteiger partial charge in [-0.1, -0.05) is 158 Å². The van der Waals surface area contributed by atoms with E-state index in [2.05, 4.69) is 258 Å². The van der Waals surface area contributed by atoms with Crippen molar-refractivity contribution in [2.45, 2.75) is 41.5 Å². The van der Waals surface area contributed by atoms with E-state index >= 15 is 0 Å². The van der Waals surface area contributed by atoms with Crippen LogP contribution in [0.25, 0.3) is 98.4 Å². The molecule has 0 spiro atoms. The molecule has 0 saturated heterocycles. The summed E-state index contributed by atoms with van der Waals surface area (Å²) in [5.41, 5.74) is 21.5. The molecule has 0 atom stereocenters. The molecule has 0 unspecified atom stereocenters. The van der Waals surface area contributed by atoms with Gasteiger partial charge in [-0.3, -0.25) is 0 Å². The highest BCUT2D eigenvalue weighted by atomic mass is 16.3. The van der Waals surface area contributed by atoms with Crippen LogP contribution in [0.2, 0.25) is 0 Å². The molecule has 0 saturated carbocycles. The van der Waals surface area contributed by atoms with Crippen LogP contribution in [-0.2, 0) is 0 Å². The maximum absolute atomic E-state index is 7.21. The highest BCUT2D eigenvalue weighted by Crippen LogP contribution is 2.51. The molecule has 4 nitrogen and oxygen atoms in total.